The summed E-state index contributed by atoms with van der Waals surface area (Å²) < 4.78 is 1.81. The fourth-order valence-corrected chi connectivity index (χ4v) is 1.62. The third-order valence-corrected chi connectivity index (χ3v) is 2.26. The van der Waals surface area contributed by atoms with E-state index in [2.05, 4.69) is 20.4 Å². The monoisotopic (exact) mass is 217 g/mol. The smallest absolute Gasteiger partial charge is 0.172 e. The Kier molecular flexibility index (Phi) is 2.96. The van der Waals surface area contributed by atoms with Crippen molar-refractivity contribution in [3.05, 3.63) is 35.5 Å². The lowest BCUT2D eigenvalue weighted by atomic mass is 10.4. The first kappa shape index (κ1) is 10.8. The molecule has 16 heavy (non-hydrogen) atoms. The van der Waals surface area contributed by atoms with E-state index in [4.69, 9.17) is 0 Å². The molecule has 2 aromatic rings. The maximum Gasteiger partial charge on any atom is 0.172 e. The fraction of sp³-hybridized carbons (Fsp3) is 0.364. The Balaban J connectivity index is 2.40. The van der Waals surface area contributed by atoms with E-state index in [0.717, 1.165) is 22.9 Å². The number of nitrogens with one attached hydrogen (secondary N) is 1. The summed E-state index contributed by atoms with van der Waals surface area (Å²) in [6.45, 7) is 4.68. The van der Waals surface area contributed by atoms with Gasteiger partial charge in [-0.3, -0.25) is 4.98 Å². The average molecular weight is 217 g/mol. The summed E-state index contributed by atoms with van der Waals surface area (Å²) >= 11 is 0. The Morgan fingerprint density at radius 1 is 1.31 bits per heavy atom. The summed E-state index contributed by atoms with van der Waals surface area (Å²) in [5, 5.41) is 7.43. The van der Waals surface area contributed by atoms with Crippen LogP contribution < -0.4 is 5.32 Å². The Hall–Kier alpha value is -1.75. The van der Waals surface area contributed by atoms with Gasteiger partial charge in [-0.05, 0) is 27.0 Å². The molecular weight excluding hydrogens is 202 g/mol. The summed E-state index contributed by atoms with van der Waals surface area (Å²) in [6.07, 6.45) is 3.48. The molecule has 0 saturated heterocycles. The Labute approximate surface area is 94.5 Å². The van der Waals surface area contributed by atoms with Crippen LogP contribution in [0.2, 0.25) is 0 Å². The van der Waals surface area contributed by atoms with Crippen LogP contribution in [-0.2, 0) is 6.54 Å². The van der Waals surface area contributed by atoms with E-state index >= 15 is 0 Å². The zero-order valence-electron chi connectivity index (χ0n) is 9.73. The van der Waals surface area contributed by atoms with E-state index < -0.39 is 0 Å². The standard InChI is InChI=1S/C11H15N5/c1-8-4-9(2)16(15-8)11-7-13-6-10(14-11)5-12-3/h4,6-7,12H,5H2,1-3H3. The minimum Gasteiger partial charge on any atom is -0.314 e. The molecule has 2 rings (SSSR count). The second kappa shape index (κ2) is 4.40. The molecule has 0 spiro atoms. The predicted molar refractivity (Wildman–Crippen MR) is 61.4 cm³/mol. The zero-order chi connectivity index (χ0) is 11.5. The lowest BCUT2D eigenvalue weighted by Gasteiger charge is -2.04. The van der Waals surface area contributed by atoms with E-state index in [9.17, 15) is 0 Å². The molecule has 5 heteroatoms. The molecule has 5 nitrogen and oxygen atoms in total. The van der Waals surface area contributed by atoms with Crippen molar-refractivity contribution in [3.63, 3.8) is 0 Å². The molecule has 0 aliphatic heterocycles. The number of rotatable bonds is 3. The lowest BCUT2D eigenvalue weighted by Crippen LogP contribution is -2.10. The molecular formula is C11H15N5. The first-order valence-corrected chi connectivity index (χ1v) is 5.20. The van der Waals surface area contributed by atoms with Gasteiger partial charge in [0, 0.05) is 18.4 Å². The van der Waals surface area contributed by atoms with Gasteiger partial charge in [-0.15, -0.1) is 0 Å². The summed E-state index contributed by atoms with van der Waals surface area (Å²) in [5.74, 6) is 0.762. The Bertz CT molecular complexity index is 489. The van der Waals surface area contributed by atoms with Crippen LogP contribution in [0.4, 0.5) is 0 Å². The largest absolute Gasteiger partial charge is 0.314 e. The van der Waals surface area contributed by atoms with Gasteiger partial charge in [0.25, 0.3) is 0 Å². The molecule has 0 atom stereocenters. The van der Waals surface area contributed by atoms with Gasteiger partial charge in [-0.1, -0.05) is 0 Å². The van der Waals surface area contributed by atoms with Crippen LogP contribution in [0, 0.1) is 13.8 Å². The first-order chi connectivity index (χ1) is 7.70. The maximum absolute atomic E-state index is 4.48. The van der Waals surface area contributed by atoms with Crippen molar-refractivity contribution >= 4 is 0 Å². The number of aromatic nitrogens is 4. The predicted octanol–water partition coefficient (Wildman–Crippen LogP) is 0.999. The van der Waals surface area contributed by atoms with Gasteiger partial charge in [0.15, 0.2) is 5.82 Å². The minimum absolute atomic E-state index is 0.708. The third-order valence-electron chi connectivity index (χ3n) is 2.26. The van der Waals surface area contributed by atoms with Crippen molar-refractivity contribution in [2.45, 2.75) is 20.4 Å². The highest BCUT2D eigenvalue weighted by Crippen LogP contribution is 2.08. The van der Waals surface area contributed by atoms with Gasteiger partial charge >= 0.3 is 0 Å². The summed E-state index contributed by atoms with van der Waals surface area (Å²) in [5.41, 5.74) is 2.96. The molecule has 0 unspecified atom stereocenters. The highest BCUT2D eigenvalue weighted by molar-refractivity contribution is 5.23. The van der Waals surface area contributed by atoms with Crippen molar-refractivity contribution in [1.29, 1.82) is 0 Å². The Morgan fingerprint density at radius 2 is 2.12 bits per heavy atom. The molecule has 1 N–H and O–H groups in total. The first-order valence-electron chi connectivity index (χ1n) is 5.20. The molecule has 0 aliphatic carbocycles. The minimum atomic E-state index is 0.708. The van der Waals surface area contributed by atoms with Crippen molar-refractivity contribution < 1.29 is 0 Å². The Morgan fingerprint density at radius 3 is 2.75 bits per heavy atom. The summed E-state index contributed by atoms with van der Waals surface area (Å²) in [4.78, 5) is 8.65. The van der Waals surface area contributed by atoms with Crippen molar-refractivity contribution in [2.75, 3.05) is 7.05 Å². The highest BCUT2D eigenvalue weighted by Gasteiger charge is 2.05. The second-order valence-corrected chi connectivity index (χ2v) is 3.74. The van der Waals surface area contributed by atoms with Crippen LogP contribution in [0.25, 0.3) is 5.82 Å². The third kappa shape index (κ3) is 2.09. The number of nitrogens with zero attached hydrogens (tertiary/aromatic N) is 4. The topological polar surface area (TPSA) is 55.6 Å². The highest BCUT2D eigenvalue weighted by atomic mass is 15.3. The van der Waals surface area contributed by atoms with Crippen LogP contribution in [0.15, 0.2) is 18.5 Å². The molecule has 0 bridgehead atoms. The fourth-order valence-electron chi connectivity index (χ4n) is 1.62. The van der Waals surface area contributed by atoms with E-state index in [0.29, 0.717) is 6.54 Å². The SMILES string of the molecule is CNCc1cncc(-n2nc(C)cc2C)n1. The average Bonchev–Trinajstić information content (AvgIpc) is 2.59. The molecule has 0 aliphatic rings. The van der Waals surface area contributed by atoms with Crippen LogP contribution in [0.5, 0.6) is 0 Å². The van der Waals surface area contributed by atoms with E-state index in [1.165, 1.54) is 0 Å². The normalized spacial score (nSPS) is 10.7. The van der Waals surface area contributed by atoms with Gasteiger partial charge < -0.3 is 5.32 Å². The van der Waals surface area contributed by atoms with Gasteiger partial charge in [0.2, 0.25) is 0 Å². The van der Waals surface area contributed by atoms with Crippen molar-refractivity contribution in [2.24, 2.45) is 0 Å². The van der Waals surface area contributed by atoms with Crippen LogP contribution in [-0.4, -0.2) is 26.8 Å². The molecule has 0 fully saturated rings. The zero-order valence-corrected chi connectivity index (χ0v) is 9.73. The molecule has 84 valence electrons. The number of aryl methyl sites for hydroxylation is 2. The van der Waals surface area contributed by atoms with Gasteiger partial charge in [-0.25, -0.2) is 9.67 Å². The van der Waals surface area contributed by atoms with Gasteiger partial charge in [-0.2, -0.15) is 5.10 Å². The lowest BCUT2D eigenvalue weighted by molar-refractivity contribution is 0.749. The van der Waals surface area contributed by atoms with Crippen LogP contribution in [0.1, 0.15) is 17.1 Å². The van der Waals surface area contributed by atoms with E-state index in [1.807, 2.05) is 31.6 Å². The summed E-state index contributed by atoms with van der Waals surface area (Å²) in [6, 6.07) is 2.02. The molecule has 0 radical (unpaired) electrons. The van der Waals surface area contributed by atoms with E-state index in [-0.39, 0.29) is 0 Å². The van der Waals surface area contributed by atoms with Crippen molar-refractivity contribution in [1.82, 2.24) is 25.1 Å². The van der Waals surface area contributed by atoms with Crippen LogP contribution >= 0.6 is 0 Å². The van der Waals surface area contributed by atoms with Gasteiger partial charge in [0.05, 0.1) is 17.6 Å². The molecule has 2 aromatic heterocycles. The van der Waals surface area contributed by atoms with Crippen LogP contribution in [0.3, 0.4) is 0 Å². The molecule has 0 aromatic carbocycles. The quantitative estimate of drug-likeness (QED) is 0.833. The second-order valence-electron chi connectivity index (χ2n) is 3.74. The number of hydrogen-bond donors (Lipinski definition) is 1. The molecule has 0 amide bonds. The number of hydrogen-bond acceptors (Lipinski definition) is 4. The summed E-state index contributed by atoms with van der Waals surface area (Å²) in [7, 11) is 1.89. The molecule has 0 saturated carbocycles. The van der Waals surface area contributed by atoms with E-state index in [1.54, 1.807) is 12.4 Å². The molecule has 2 heterocycles. The van der Waals surface area contributed by atoms with Crippen molar-refractivity contribution in [3.8, 4) is 5.82 Å². The maximum atomic E-state index is 4.48. The van der Waals surface area contributed by atoms with Gasteiger partial charge in [0.1, 0.15) is 0 Å².